The molecule has 0 aliphatic rings. The highest BCUT2D eigenvalue weighted by Crippen LogP contribution is 2.32. The van der Waals surface area contributed by atoms with Crippen molar-refractivity contribution in [3.8, 4) is 0 Å². The molecule has 1 aromatic rings. The second kappa shape index (κ2) is 6.38. The molecule has 0 bridgehead atoms. The van der Waals surface area contributed by atoms with Gasteiger partial charge in [-0.15, -0.1) is 0 Å². The first kappa shape index (κ1) is 14.5. The van der Waals surface area contributed by atoms with E-state index in [0.717, 1.165) is 4.47 Å². The lowest BCUT2D eigenvalue weighted by Gasteiger charge is -2.19. The Bertz CT molecular complexity index is 409. The Morgan fingerprint density at radius 3 is 2.82 bits per heavy atom. The van der Waals surface area contributed by atoms with Crippen molar-refractivity contribution in [2.45, 2.75) is 19.4 Å². The van der Waals surface area contributed by atoms with Crippen molar-refractivity contribution in [1.29, 1.82) is 0 Å². The fourth-order valence-electron chi connectivity index (χ4n) is 1.51. The van der Waals surface area contributed by atoms with E-state index in [9.17, 15) is 9.90 Å². The van der Waals surface area contributed by atoms with Gasteiger partial charge in [0.1, 0.15) is 0 Å². The highest BCUT2D eigenvalue weighted by Gasteiger charge is 2.22. The Hall–Kier alpha value is -0.580. The summed E-state index contributed by atoms with van der Waals surface area (Å²) in [6.07, 6.45) is -0.639. The fourth-order valence-corrected chi connectivity index (χ4v) is 2.11. The van der Waals surface area contributed by atoms with E-state index >= 15 is 0 Å². The highest BCUT2D eigenvalue weighted by atomic mass is 79.9. The molecule has 0 fully saturated rings. The molecule has 2 atom stereocenters. The van der Waals surface area contributed by atoms with Gasteiger partial charge < -0.3 is 9.84 Å². The van der Waals surface area contributed by atoms with Gasteiger partial charge in [-0.1, -0.05) is 34.5 Å². The predicted molar refractivity (Wildman–Crippen MR) is 69.9 cm³/mol. The third kappa shape index (κ3) is 3.98. The van der Waals surface area contributed by atoms with E-state index in [0.29, 0.717) is 10.6 Å². The van der Waals surface area contributed by atoms with Gasteiger partial charge in [0.05, 0.1) is 19.6 Å². The Balaban J connectivity index is 2.84. The van der Waals surface area contributed by atoms with Crippen molar-refractivity contribution in [3.63, 3.8) is 0 Å². The van der Waals surface area contributed by atoms with Crippen LogP contribution in [0.1, 0.15) is 25.0 Å². The number of ether oxygens (including phenoxy) is 1. The largest absolute Gasteiger partial charge is 0.469 e. The lowest BCUT2D eigenvalue weighted by atomic mass is 9.94. The van der Waals surface area contributed by atoms with Gasteiger partial charge in [-0.2, -0.15) is 0 Å². The maximum atomic E-state index is 11.1. The molecule has 3 nitrogen and oxygen atoms in total. The zero-order valence-electron chi connectivity index (χ0n) is 9.61. The van der Waals surface area contributed by atoms with Crippen LogP contribution < -0.4 is 0 Å². The zero-order valence-corrected chi connectivity index (χ0v) is 12.0. The van der Waals surface area contributed by atoms with E-state index in [-0.39, 0.29) is 18.3 Å². The monoisotopic (exact) mass is 320 g/mol. The van der Waals surface area contributed by atoms with Crippen molar-refractivity contribution >= 4 is 33.5 Å². The second-order valence-electron chi connectivity index (χ2n) is 3.87. The van der Waals surface area contributed by atoms with Gasteiger partial charge >= 0.3 is 5.97 Å². The number of benzene rings is 1. The molecule has 0 saturated heterocycles. The Morgan fingerprint density at radius 1 is 1.59 bits per heavy atom. The first-order valence-corrected chi connectivity index (χ1v) is 6.32. The van der Waals surface area contributed by atoms with Gasteiger partial charge in [-0.05, 0) is 24.1 Å². The molecule has 1 rings (SSSR count). The smallest absolute Gasteiger partial charge is 0.305 e. The quantitative estimate of drug-likeness (QED) is 0.865. The minimum Gasteiger partial charge on any atom is -0.469 e. The summed E-state index contributed by atoms with van der Waals surface area (Å²) >= 11 is 9.33. The number of hydrogen-bond donors (Lipinski definition) is 1. The number of hydrogen-bond acceptors (Lipinski definition) is 3. The molecule has 2 unspecified atom stereocenters. The molecule has 5 heteroatoms. The van der Waals surface area contributed by atoms with E-state index in [1.165, 1.54) is 7.11 Å². The molecule has 0 amide bonds. The second-order valence-corrected chi connectivity index (χ2v) is 5.19. The van der Waals surface area contributed by atoms with Gasteiger partial charge in [0.15, 0.2) is 0 Å². The fraction of sp³-hybridized carbons (Fsp3) is 0.417. The van der Waals surface area contributed by atoms with Crippen LogP contribution in [0.5, 0.6) is 0 Å². The highest BCUT2D eigenvalue weighted by molar-refractivity contribution is 9.10. The molecule has 0 radical (unpaired) electrons. The minimum absolute atomic E-state index is 0.153. The van der Waals surface area contributed by atoms with Gasteiger partial charge in [-0.3, -0.25) is 4.79 Å². The molecule has 0 aromatic heterocycles. The van der Waals surface area contributed by atoms with E-state index < -0.39 is 6.10 Å². The van der Waals surface area contributed by atoms with Crippen molar-refractivity contribution in [3.05, 3.63) is 33.3 Å². The number of carbonyl (C=O) groups is 1. The van der Waals surface area contributed by atoms with Gasteiger partial charge in [0.2, 0.25) is 0 Å². The van der Waals surface area contributed by atoms with Gasteiger partial charge in [0.25, 0.3) is 0 Å². The summed E-state index contributed by atoms with van der Waals surface area (Å²) in [5.74, 6) is -0.600. The van der Waals surface area contributed by atoms with E-state index in [1.807, 2.05) is 0 Å². The number of rotatable bonds is 4. The van der Waals surface area contributed by atoms with Crippen LogP contribution in [0.4, 0.5) is 0 Å². The van der Waals surface area contributed by atoms with Crippen LogP contribution in [-0.4, -0.2) is 18.2 Å². The molecule has 0 spiro atoms. The maximum Gasteiger partial charge on any atom is 0.305 e. The van der Waals surface area contributed by atoms with Crippen molar-refractivity contribution < 1.29 is 14.6 Å². The minimum atomic E-state index is -0.793. The normalized spacial score (nSPS) is 14.2. The van der Waals surface area contributed by atoms with E-state index in [1.54, 1.807) is 25.1 Å². The molecular weight excluding hydrogens is 307 g/mol. The molecule has 0 aliphatic carbocycles. The lowest BCUT2D eigenvalue weighted by Crippen LogP contribution is -2.15. The van der Waals surface area contributed by atoms with Crippen molar-refractivity contribution in [1.82, 2.24) is 0 Å². The molecular formula is C12H14BrClO3. The van der Waals surface area contributed by atoms with Crippen LogP contribution in [0.2, 0.25) is 5.02 Å². The standard InChI is InChI=1S/C12H14BrClO3/c1-7(5-11(15)17-2)12(16)9-6-8(13)3-4-10(9)14/h3-4,6-7,12,16H,5H2,1-2H3. The average molecular weight is 322 g/mol. The third-order valence-electron chi connectivity index (χ3n) is 2.53. The van der Waals surface area contributed by atoms with Crippen molar-refractivity contribution in [2.75, 3.05) is 7.11 Å². The molecule has 94 valence electrons. The van der Waals surface area contributed by atoms with Crippen LogP contribution >= 0.6 is 27.5 Å². The number of methoxy groups -OCH3 is 1. The third-order valence-corrected chi connectivity index (χ3v) is 3.37. The Morgan fingerprint density at radius 2 is 2.24 bits per heavy atom. The number of aliphatic hydroxyl groups excluding tert-OH is 1. The number of esters is 1. The van der Waals surface area contributed by atoms with Gasteiger partial charge in [-0.25, -0.2) is 0 Å². The molecule has 0 aliphatic heterocycles. The van der Waals surface area contributed by atoms with E-state index in [2.05, 4.69) is 20.7 Å². The van der Waals surface area contributed by atoms with Crippen LogP contribution in [0.25, 0.3) is 0 Å². The summed E-state index contributed by atoms with van der Waals surface area (Å²) < 4.78 is 5.40. The first-order valence-electron chi connectivity index (χ1n) is 5.15. The molecule has 17 heavy (non-hydrogen) atoms. The number of carbonyl (C=O) groups excluding carboxylic acids is 1. The zero-order chi connectivity index (χ0) is 13.0. The number of aliphatic hydroxyl groups is 1. The summed E-state index contributed by atoms with van der Waals surface area (Å²) in [6, 6.07) is 5.25. The first-order chi connectivity index (χ1) is 7.95. The van der Waals surface area contributed by atoms with Gasteiger partial charge in [0, 0.05) is 15.1 Å². The van der Waals surface area contributed by atoms with Crippen molar-refractivity contribution in [2.24, 2.45) is 5.92 Å². The van der Waals surface area contributed by atoms with E-state index in [4.69, 9.17) is 11.6 Å². The summed E-state index contributed by atoms with van der Waals surface area (Å²) in [4.78, 5) is 11.1. The summed E-state index contributed by atoms with van der Waals surface area (Å²) in [6.45, 7) is 1.78. The summed E-state index contributed by atoms with van der Waals surface area (Å²) in [7, 11) is 1.33. The Labute approximate surface area is 114 Å². The SMILES string of the molecule is COC(=O)CC(C)C(O)c1cc(Br)ccc1Cl. The number of halogens is 2. The maximum absolute atomic E-state index is 11.1. The summed E-state index contributed by atoms with van der Waals surface area (Å²) in [5.41, 5.74) is 0.609. The van der Waals surface area contributed by atoms with Crippen LogP contribution in [-0.2, 0) is 9.53 Å². The Kier molecular flexibility index (Phi) is 5.43. The predicted octanol–water partition coefficient (Wildman–Crippen LogP) is 3.34. The van der Waals surface area contributed by atoms with Crippen LogP contribution in [0.3, 0.4) is 0 Å². The topological polar surface area (TPSA) is 46.5 Å². The molecule has 1 aromatic carbocycles. The average Bonchev–Trinajstić information content (AvgIpc) is 2.31. The summed E-state index contributed by atoms with van der Waals surface area (Å²) in [5, 5.41) is 10.6. The van der Waals surface area contributed by atoms with Crippen LogP contribution in [0.15, 0.2) is 22.7 Å². The lowest BCUT2D eigenvalue weighted by molar-refractivity contribution is -0.142. The molecule has 1 N–H and O–H groups in total. The van der Waals surface area contributed by atoms with Crippen LogP contribution in [0, 0.1) is 5.92 Å². The molecule has 0 heterocycles. The molecule has 0 saturated carbocycles.